The average molecular weight is 252 g/mol. The number of nitrogen functional groups attached to an aromatic ring is 1. The fourth-order valence-corrected chi connectivity index (χ4v) is 1.77. The predicted molar refractivity (Wildman–Crippen MR) is 65.2 cm³/mol. The van der Waals surface area contributed by atoms with Crippen molar-refractivity contribution >= 4 is 11.6 Å². The number of rotatable bonds is 3. The maximum absolute atomic E-state index is 11.8. The summed E-state index contributed by atoms with van der Waals surface area (Å²) in [5.74, 6) is -0.504. The number of anilines is 1. The number of aromatic hydroxyl groups is 1. The molecule has 2 rings (SSSR count). The minimum absolute atomic E-state index is 0.122. The molecule has 1 fully saturated rings. The third kappa shape index (κ3) is 2.72. The van der Waals surface area contributed by atoms with E-state index < -0.39 is 5.60 Å². The molecule has 1 aromatic rings. The van der Waals surface area contributed by atoms with Crippen LogP contribution in [-0.2, 0) is 4.74 Å². The van der Waals surface area contributed by atoms with E-state index in [2.05, 4.69) is 5.32 Å². The van der Waals surface area contributed by atoms with Gasteiger partial charge >= 0.3 is 0 Å². The lowest BCUT2D eigenvalue weighted by Crippen LogP contribution is -2.43. The third-order valence-corrected chi connectivity index (χ3v) is 2.95. The molecule has 6 nitrogen and oxygen atoms in total. The molecule has 0 spiro atoms. The maximum atomic E-state index is 11.8. The second-order valence-corrected chi connectivity index (χ2v) is 4.48. The van der Waals surface area contributed by atoms with Gasteiger partial charge in [-0.15, -0.1) is 0 Å². The van der Waals surface area contributed by atoms with Crippen LogP contribution in [0.5, 0.6) is 5.75 Å². The number of carbonyl (C=O) groups excluding carboxylic acids is 1. The molecular formula is C12H16N2O4. The van der Waals surface area contributed by atoms with Crippen molar-refractivity contribution < 1.29 is 19.7 Å². The van der Waals surface area contributed by atoms with Gasteiger partial charge in [0, 0.05) is 25.1 Å². The van der Waals surface area contributed by atoms with Crippen LogP contribution in [0.2, 0.25) is 0 Å². The van der Waals surface area contributed by atoms with E-state index in [1.807, 2.05) is 0 Å². The van der Waals surface area contributed by atoms with Gasteiger partial charge in [-0.05, 0) is 18.2 Å². The van der Waals surface area contributed by atoms with Gasteiger partial charge in [-0.1, -0.05) is 0 Å². The number of ether oxygens (including phenoxy) is 1. The van der Waals surface area contributed by atoms with Crippen molar-refractivity contribution in [2.24, 2.45) is 0 Å². The standard InChI is InChI=1S/C12H16N2O4/c13-9-2-1-8(5-10(9)15)11(16)14-6-12(17)3-4-18-7-12/h1-2,5,15,17H,3-4,6-7,13H2,(H,14,16). The van der Waals surface area contributed by atoms with Crippen LogP contribution in [-0.4, -0.2) is 41.5 Å². The smallest absolute Gasteiger partial charge is 0.251 e. The molecule has 0 aliphatic carbocycles. The van der Waals surface area contributed by atoms with Crippen molar-refractivity contribution in [2.45, 2.75) is 12.0 Å². The van der Waals surface area contributed by atoms with Gasteiger partial charge in [-0.25, -0.2) is 0 Å². The fraction of sp³-hybridized carbons (Fsp3) is 0.417. The highest BCUT2D eigenvalue weighted by molar-refractivity contribution is 5.95. The average Bonchev–Trinajstić information content (AvgIpc) is 2.77. The van der Waals surface area contributed by atoms with Gasteiger partial charge in [-0.3, -0.25) is 4.79 Å². The Labute approximate surface area is 104 Å². The number of benzene rings is 1. The lowest BCUT2D eigenvalue weighted by molar-refractivity contribution is 0.0264. The van der Waals surface area contributed by atoms with Gasteiger partial charge in [-0.2, -0.15) is 0 Å². The lowest BCUT2D eigenvalue weighted by Gasteiger charge is -2.20. The number of hydrogen-bond acceptors (Lipinski definition) is 5. The summed E-state index contributed by atoms with van der Waals surface area (Å²) >= 11 is 0. The number of carbonyl (C=O) groups is 1. The monoisotopic (exact) mass is 252 g/mol. The number of nitrogens with two attached hydrogens (primary N) is 1. The molecule has 5 N–H and O–H groups in total. The summed E-state index contributed by atoms with van der Waals surface area (Å²) in [6.07, 6.45) is 0.500. The zero-order chi connectivity index (χ0) is 13.2. The molecule has 0 aromatic heterocycles. The number of phenols is 1. The van der Waals surface area contributed by atoms with Gasteiger partial charge < -0.3 is 26.0 Å². The van der Waals surface area contributed by atoms with Crippen LogP contribution in [0.3, 0.4) is 0 Å². The van der Waals surface area contributed by atoms with Crippen LogP contribution in [0, 0.1) is 0 Å². The lowest BCUT2D eigenvalue weighted by atomic mass is 10.0. The number of aliphatic hydroxyl groups is 1. The zero-order valence-corrected chi connectivity index (χ0v) is 9.85. The van der Waals surface area contributed by atoms with Crippen molar-refractivity contribution in [3.8, 4) is 5.75 Å². The van der Waals surface area contributed by atoms with Crippen LogP contribution in [0.1, 0.15) is 16.8 Å². The topological polar surface area (TPSA) is 105 Å². The highest BCUT2D eigenvalue weighted by Gasteiger charge is 2.32. The van der Waals surface area contributed by atoms with Crippen molar-refractivity contribution in [2.75, 3.05) is 25.5 Å². The zero-order valence-electron chi connectivity index (χ0n) is 9.85. The van der Waals surface area contributed by atoms with Crippen LogP contribution in [0.4, 0.5) is 5.69 Å². The van der Waals surface area contributed by atoms with Crippen molar-refractivity contribution in [1.29, 1.82) is 0 Å². The van der Waals surface area contributed by atoms with Crippen molar-refractivity contribution in [1.82, 2.24) is 5.32 Å². The molecule has 1 saturated heterocycles. The Bertz CT molecular complexity index is 455. The summed E-state index contributed by atoms with van der Waals surface area (Å²) in [5.41, 5.74) is 4.96. The Balaban J connectivity index is 1.97. The maximum Gasteiger partial charge on any atom is 0.251 e. The van der Waals surface area contributed by atoms with Crippen molar-refractivity contribution in [3.63, 3.8) is 0 Å². The molecule has 98 valence electrons. The fourth-order valence-electron chi connectivity index (χ4n) is 1.77. The molecule has 1 amide bonds. The minimum atomic E-state index is -0.995. The molecule has 6 heteroatoms. The van der Waals surface area contributed by atoms with E-state index in [-0.39, 0.29) is 30.5 Å². The molecule has 18 heavy (non-hydrogen) atoms. The van der Waals surface area contributed by atoms with Crippen LogP contribution in [0.15, 0.2) is 18.2 Å². The quantitative estimate of drug-likeness (QED) is 0.442. The van der Waals surface area contributed by atoms with Gasteiger partial charge in [0.1, 0.15) is 11.4 Å². The number of hydrogen-bond donors (Lipinski definition) is 4. The molecular weight excluding hydrogens is 236 g/mol. The third-order valence-electron chi connectivity index (χ3n) is 2.95. The van der Waals surface area contributed by atoms with Crippen molar-refractivity contribution in [3.05, 3.63) is 23.8 Å². The largest absolute Gasteiger partial charge is 0.506 e. The summed E-state index contributed by atoms with van der Waals surface area (Å²) in [4.78, 5) is 11.8. The number of phenolic OH excluding ortho intramolecular Hbond substituents is 1. The van der Waals surface area contributed by atoms with Crippen LogP contribution < -0.4 is 11.1 Å². The van der Waals surface area contributed by atoms with Gasteiger partial charge in [0.15, 0.2) is 0 Å². The summed E-state index contributed by atoms with van der Waals surface area (Å²) in [6.45, 7) is 0.840. The van der Waals surface area contributed by atoms with E-state index in [0.29, 0.717) is 18.6 Å². The van der Waals surface area contributed by atoms with E-state index >= 15 is 0 Å². The molecule has 1 atom stereocenters. The van der Waals surface area contributed by atoms with E-state index in [4.69, 9.17) is 10.5 Å². The van der Waals surface area contributed by atoms with E-state index in [9.17, 15) is 15.0 Å². The van der Waals surface area contributed by atoms with Gasteiger partial charge in [0.25, 0.3) is 5.91 Å². The summed E-state index contributed by atoms with van der Waals surface area (Å²) in [5, 5.41) is 22.0. The van der Waals surface area contributed by atoms with Gasteiger partial charge in [0.05, 0.1) is 12.3 Å². The SMILES string of the molecule is Nc1ccc(C(=O)NCC2(O)CCOC2)cc1O. The summed E-state index contributed by atoms with van der Waals surface area (Å²) < 4.78 is 5.08. The Morgan fingerprint density at radius 1 is 1.56 bits per heavy atom. The first-order valence-electron chi connectivity index (χ1n) is 5.67. The number of amides is 1. The van der Waals surface area contributed by atoms with E-state index in [1.54, 1.807) is 0 Å². The van der Waals surface area contributed by atoms with E-state index in [1.165, 1.54) is 18.2 Å². The second kappa shape index (κ2) is 4.83. The first-order chi connectivity index (χ1) is 8.50. The highest BCUT2D eigenvalue weighted by atomic mass is 16.5. The second-order valence-electron chi connectivity index (χ2n) is 4.48. The Kier molecular flexibility index (Phi) is 3.40. The van der Waals surface area contributed by atoms with Crippen LogP contribution in [0.25, 0.3) is 0 Å². The predicted octanol–water partition coefficient (Wildman–Crippen LogP) is -0.144. The van der Waals surface area contributed by atoms with Gasteiger partial charge in [0.2, 0.25) is 0 Å². The van der Waals surface area contributed by atoms with E-state index in [0.717, 1.165) is 0 Å². The molecule has 1 unspecified atom stereocenters. The minimum Gasteiger partial charge on any atom is -0.506 e. The summed E-state index contributed by atoms with van der Waals surface area (Å²) in [6, 6.07) is 4.26. The molecule has 0 saturated carbocycles. The molecule has 1 aliphatic rings. The normalized spacial score (nSPS) is 22.9. The first-order valence-corrected chi connectivity index (χ1v) is 5.67. The molecule has 1 aliphatic heterocycles. The Hall–Kier alpha value is -1.79. The first kappa shape index (κ1) is 12.7. The molecule has 1 aromatic carbocycles. The van der Waals surface area contributed by atoms with Crippen LogP contribution >= 0.6 is 0 Å². The Morgan fingerprint density at radius 2 is 2.33 bits per heavy atom. The number of nitrogens with one attached hydrogen (secondary N) is 1. The highest BCUT2D eigenvalue weighted by Crippen LogP contribution is 2.21. The molecule has 0 radical (unpaired) electrons. The molecule has 0 bridgehead atoms. The molecule has 1 heterocycles. The Morgan fingerprint density at radius 3 is 2.94 bits per heavy atom. The summed E-state index contributed by atoms with van der Waals surface area (Å²) in [7, 11) is 0.